The predicted molar refractivity (Wildman–Crippen MR) is 44.3 cm³/mol. The van der Waals surface area contributed by atoms with Gasteiger partial charge in [-0.2, -0.15) is 0 Å². The molecule has 0 unspecified atom stereocenters. The molecule has 1 aromatic heterocycles. The minimum atomic E-state index is 0.636. The second-order valence-corrected chi connectivity index (χ2v) is 2.07. The first-order valence-corrected chi connectivity index (χ1v) is 3.66. The molecule has 11 heavy (non-hydrogen) atoms. The molecule has 0 aliphatic rings. The van der Waals surface area contributed by atoms with Crippen LogP contribution in [0.4, 0.5) is 0 Å². The molecule has 0 aliphatic carbocycles. The van der Waals surface area contributed by atoms with E-state index in [2.05, 4.69) is 11.9 Å². The van der Waals surface area contributed by atoms with Gasteiger partial charge in [0.15, 0.2) is 0 Å². The van der Waals surface area contributed by atoms with Gasteiger partial charge in [0.1, 0.15) is 0 Å². The van der Waals surface area contributed by atoms with Crippen LogP contribution in [0.3, 0.4) is 0 Å². The maximum atomic E-state index is 5.15. The van der Waals surface area contributed by atoms with E-state index in [0.717, 1.165) is 6.42 Å². The van der Waals surface area contributed by atoms with Crippen LogP contribution in [-0.2, 0) is 0 Å². The topological polar surface area (TPSA) is 22.1 Å². The van der Waals surface area contributed by atoms with Crippen LogP contribution < -0.4 is 4.74 Å². The summed E-state index contributed by atoms with van der Waals surface area (Å²) in [7, 11) is 0. The minimum Gasteiger partial charge on any atom is -0.447 e. The number of aromatic nitrogens is 1. The molecule has 2 nitrogen and oxygen atoms in total. The lowest BCUT2D eigenvalue weighted by Crippen LogP contribution is -1.83. The summed E-state index contributed by atoms with van der Waals surface area (Å²) in [6, 6.07) is 5.57. The molecular formula is C9H11NO. The molecule has 0 aromatic carbocycles. The van der Waals surface area contributed by atoms with Crippen molar-refractivity contribution in [2.24, 2.45) is 0 Å². The van der Waals surface area contributed by atoms with Gasteiger partial charge in [0, 0.05) is 12.3 Å². The normalized spacial score (nSPS) is 10.3. The van der Waals surface area contributed by atoms with Crippen LogP contribution in [0.2, 0.25) is 0 Å². The van der Waals surface area contributed by atoms with E-state index >= 15 is 0 Å². The van der Waals surface area contributed by atoms with Crippen molar-refractivity contribution in [3.63, 3.8) is 0 Å². The summed E-state index contributed by atoms with van der Waals surface area (Å²) < 4.78 is 5.15. The average molecular weight is 149 g/mol. The van der Waals surface area contributed by atoms with Gasteiger partial charge in [-0.25, -0.2) is 4.98 Å². The molecule has 1 heterocycles. The number of ether oxygens (including phenoxy) is 1. The van der Waals surface area contributed by atoms with Crippen molar-refractivity contribution in [2.75, 3.05) is 0 Å². The average Bonchev–Trinajstić information content (AvgIpc) is 2.07. The highest BCUT2D eigenvalue weighted by Crippen LogP contribution is 2.02. The Bertz CT molecular complexity index is 218. The summed E-state index contributed by atoms with van der Waals surface area (Å²) in [6.07, 6.45) is 6.28. The molecular weight excluding hydrogens is 138 g/mol. The lowest BCUT2D eigenvalue weighted by Gasteiger charge is -1.95. The fourth-order valence-electron chi connectivity index (χ4n) is 0.631. The first kappa shape index (κ1) is 7.79. The zero-order valence-corrected chi connectivity index (χ0v) is 6.53. The standard InChI is InChI=1S/C9H11NO/c1-2-3-8-11-9-6-4-5-7-10-9/h3-8H,2H2,1H3/b8-3-. The highest BCUT2D eigenvalue weighted by atomic mass is 16.5. The van der Waals surface area contributed by atoms with E-state index in [-0.39, 0.29) is 0 Å². The third-order valence-corrected chi connectivity index (χ3v) is 1.16. The molecule has 0 amide bonds. The Kier molecular flexibility index (Phi) is 3.19. The first-order chi connectivity index (χ1) is 5.43. The van der Waals surface area contributed by atoms with Crippen LogP contribution in [0.5, 0.6) is 5.88 Å². The van der Waals surface area contributed by atoms with Gasteiger partial charge >= 0.3 is 0 Å². The molecule has 0 spiro atoms. The lowest BCUT2D eigenvalue weighted by atomic mass is 10.5. The van der Waals surface area contributed by atoms with Crippen molar-refractivity contribution in [3.05, 3.63) is 36.7 Å². The third kappa shape index (κ3) is 2.85. The fraction of sp³-hybridized carbons (Fsp3) is 0.222. The van der Waals surface area contributed by atoms with Gasteiger partial charge in [0.2, 0.25) is 5.88 Å². The largest absolute Gasteiger partial charge is 0.447 e. The predicted octanol–water partition coefficient (Wildman–Crippen LogP) is 2.38. The van der Waals surface area contributed by atoms with Crippen molar-refractivity contribution in [1.29, 1.82) is 0 Å². The summed E-state index contributed by atoms with van der Waals surface area (Å²) in [6.45, 7) is 2.05. The van der Waals surface area contributed by atoms with Crippen molar-refractivity contribution >= 4 is 0 Å². The third-order valence-electron chi connectivity index (χ3n) is 1.16. The van der Waals surface area contributed by atoms with Crippen LogP contribution in [0.25, 0.3) is 0 Å². The van der Waals surface area contributed by atoms with Crippen LogP contribution in [-0.4, -0.2) is 4.98 Å². The van der Waals surface area contributed by atoms with Gasteiger partial charge in [-0.05, 0) is 18.6 Å². The van der Waals surface area contributed by atoms with E-state index < -0.39 is 0 Å². The smallest absolute Gasteiger partial charge is 0.218 e. The van der Waals surface area contributed by atoms with Crippen LogP contribution >= 0.6 is 0 Å². The van der Waals surface area contributed by atoms with Crippen molar-refractivity contribution in [1.82, 2.24) is 4.98 Å². The maximum absolute atomic E-state index is 5.15. The van der Waals surface area contributed by atoms with Gasteiger partial charge in [-0.1, -0.05) is 13.0 Å². The van der Waals surface area contributed by atoms with Crippen LogP contribution in [0.1, 0.15) is 13.3 Å². The Morgan fingerprint density at radius 3 is 3.09 bits per heavy atom. The lowest BCUT2D eigenvalue weighted by molar-refractivity contribution is 0.459. The number of pyridine rings is 1. The summed E-state index contributed by atoms with van der Waals surface area (Å²) in [5.74, 6) is 0.636. The number of rotatable bonds is 3. The van der Waals surface area contributed by atoms with Crippen molar-refractivity contribution < 1.29 is 4.74 Å². The van der Waals surface area contributed by atoms with E-state index in [4.69, 9.17) is 4.74 Å². The molecule has 0 radical (unpaired) electrons. The second-order valence-electron chi connectivity index (χ2n) is 2.07. The Hall–Kier alpha value is -1.31. The molecule has 0 fully saturated rings. The van der Waals surface area contributed by atoms with Gasteiger partial charge in [-0.3, -0.25) is 0 Å². The minimum absolute atomic E-state index is 0.636. The Balaban J connectivity index is 2.45. The zero-order chi connectivity index (χ0) is 7.94. The van der Waals surface area contributed by atoms with Gasteiger partial charge in [-0.15, -0.1) is 0 Å². The number of allylic oxidation sites excluding steroid dienone is 1. The highest BCUT2D eigenvalue weighted by molar-refractivity contribution is 5.10. The number of hydrogen-bond donors (Lipinski definition) is 0. The van der Waals surface area contributed by atoms with E-state index in [1.807, 2.05) is 24.3 Å². The zero-order valence-electron chi connectivity index (χ0n) is 6.53. The van der Waals surface area contributed by atoms with Gasteiger partial charge < -0.3 is 4.74 Å². The molecule has 0 atom stereocenters. The van der Waals surface area contributed by atoms with Crippen LogP contribution in [0.15, 0.2) is 36.7 Å². The molecule has 2 heteroatoms. The van der Waals surface area contributed by atoms with Gasteiger partial charge in [0.05, 0.1) is 6.26 Å². The molecule has 1 aromatic rings. The number of nitrogens with zero attached hydrogens (tertiary/aromatic N) is 1. The van der Waals surface area contributed by atoms with Gasteiger partial charge in [0.25, 0.3) is 0 Å². The summed E-state index contributed by atoms with van der Waals surface area (Å²) in [5.41, 5.74) is 0. The van der Waals surface area contributed by atoms with E-state index in [1.54, 1.807) is 12.5 Å². The molecule has 0 saturated carbocycles. The molecule has 0 bridgehead atoms. The Morgan fingerprint density at radius 2 is 2.45 bits per heavy atom. The summed E-state index contributed by atoms with van der Waals surface area (Å²) in [4.78, 5) is 3.98. The summed E-state index contributed by atoms with van der Waals surface area (Å²) in [5, 5.41) is 0. The Morgan fingerprint density at radius 1 is 1.55 bits per heavy atom. The quantitative estimate of drug-likeness (QED) is 0.615. The molecule has 58 valence electrons. The van der Waals surface area contributed by atoms with E-state index in [9.17, 15) is 0 Å². The molecule has 0 aliphatic heterocycles. The van der Waals surface area contributed by atoms with Crippen LogP contribution in [0, 0.1) is 0 Å². The van der Waals surface area contributed by atoms with E-state index in [1.165, 1.54) is 0 Å². The SMILES string of the molecule is CC/C=C\Oc1ccccn1. The maximum Gasteiger partial charge on any atom is 0.218 e. The Labute approximate surface area is 66.5 Å². The van der Waals surface area contributed by atoms with E-state index in [0.29, 0.717) is 5.88 Å². The van der Waals surface area contributed by atoms with Crippen molar-refractivity contribution in [3.8, 4) is 5.88 Å². The molecule has 0 saturated heterocycles. The highest BCUT2D eigenvalue weighted by Gasteiger charge is 1.85. The molecule has 0 N–H and O–H groups in total. The monoisotopic (exact) mass is 149 g/mol. The number of hydrogen-bond acceptors (Lipinski definition) is 2. The van der Waals surface area contributed by atoms with Crippen molar-refractivity contribution in [2.45, 2.75) is 13.3 Å². The fourth-order valence-corrected chi connectivity index (χ4v) is 0.631. The summed E-state index contributed by atoms with van der Waals surface area (Å²) >= 11 is 0. The molecule has 1 rings (SSSR count). The first-order valence-electron chi connectivity index (χ1n) is 3.66. The second kappa shape index (κ2) is 4.50.